The molecule has 0 saturated heterocycles. The molecule has 1 aromatic carbocycles. The minimum atomic E-state index is -4.47. The van der Waals surface area contributed by atoms with Gasteiger partial charge in [-0.3, -0.25) is 4.79 Å². The van der Waals surface area contributed by atoms with Gasteiger partial charge < -0.3 is 20.5 Å². The quantitative estimate of drug-likeness (QED) is 0.540. The third-order valence-electron chi connectivity index (χ3n) is 5.78. The number of aromatic nitrogens is 3. The van der Waals surface area contributed by atoms with E-state index in [4.69, 9.17) is 0 Å². The normalized spacial score (nSPS) is 19.3. The molecular formula is C22H25F3N6O. The molecular weight excluding hydrogens is 421 g/mol. The van der Waals surface area contributed by atoms with E-state index >= 15 is 0 Å². The van der Waals surface area contributed by atoms with E-state index in [9.17, 15) is 18.0 Å². The van der Waals surface area contributed by atoms with Crippen molar-refractivity contribution >= 4 is 28.4 Å². The molecule has 2 atom stereocenters. The number of halogens is 3. The third kappa shape index (κ3) is 4.69. The molecule has 1 saturated carbocycles. The minimum Gasteiger partial charge on any atom is -0.350 e. The molecule has 2 aromatic heterocycles. The molecule has 3 N–H and O–H groups in total. The average Bonchev–Trinajstić information content (AvgIpc) is 2.73. The number of alkyl halides is 3. The van der Waals surface area contributed by atoms with E-state index in [2.05, 4.69) is 30.5 Å². The molecule has 0 amide bonds. The van der Waals surface area contributed by atoms with Gasteiger partial charge in [0, 0.05) is 24.0 Å². The standard InChI is InChI=1S/C22H25F3N6O/c1-31(2)17-9-4-3-8-15(17)28-21-29-16-10-11-26-20(32)18(16)19(30-21)27-14-7-5-6-13(12-14)22(23,24)25/h5-7,10-12,15,17H,3-4,8-9H2,1-2H3,(H,26,32)(H2,27,28,29,30)/t15-,17-/m1/s1. The number of aromatic amines is 1. The highest BCUT2D eigenvalue weighted by molar-refractivity contribution is 5.90. The topological polar surface area (TPSA) is 85.9 Å². The van der Waals surface area contributed by atoms with E-state index in [1.807, 2.05) is 14.1 Å². The Morgan fingerprint density at radius 1 is 1.12 bits per heavy atom. The van der Waals surface area contributed by atoms with Crippen molar-refractivity contribution in [2.45, 2.75) is 43.9 Å². The van der Waals surface area contributed by atoms with E-state index in [-0.39, 0.29) is 22.9 Å². The second-order valence-electron chi connectivity index (χ2n) is 8.23. The monoisotopic (exact) mass is 446 g/mol. The Labute approximate surface area is 183 Å². The number of H-pyrrole nitrogens is 1. The molecule has 1 fully saturated rings. The molecule has 3 aromatic rings. The number of likely N-dealkylation sites (N-methyl/N-ethyl adjacent to an activating group) is 1. The number of nitrogens with one attached hydrogen (secondary N) is 3. The van der Waals surface area contributed by atoms with Crippen LogP contribution in [0.2, 0.25) is 0 Å². The Bertz CT molecular complexity index is 1160. The SMILES string of the molecule is CN(C)[C@@H]1CCCC[C@H]1Nc1nc(Nc2cccc(C(F)(F)F)c2)c2c(=O)[nH]ccc2n1. The third-order valence-corrected chi connectivity index (χ3v) is 5.78. The van der Waals surface area contributed by atoms with Crippen LogP contribution >= 0.6 is 0 Å². The number of pyridine rings is 1. The number of anilines is 3. The fourth-order valence-electron chi connectivity index (χ4n) is 4.22. The Hall–Kier alpha value is -3.14. The van der Waals surface area contributed by atoms with Crippen LogP contribution in [0.3, 0.4) is 0 Å². The lowest BCUT2D eigenvalue weighted by Crippen LogP contribution is -2.45. The predicted molar refractivity (Wildman–Crippen MR) is 118 cm³/mol. The lowest BCUT2D eigenvalue weighted by Gasteiger charge is -2.36. The van der Waals surface area contributed by atoms with Crippen LogP contribution in [0.25, 0.3) is 10.9 Å². The first kappa shape index (κ1) is 22.1. The first-order valence-electron chi connectivity index (χ1n) is 10.5. The summed E-state index contributed by atoms with van der Waals surface area (Å²) in [5.74, 6) is 0.479. The summed E-state index contributed by atoms with van der Waals surface area (Å²) in [6.07, 6.45) is 1.25. The van der Waals surface area contributed by atoms with Gasteiger partial charge in [0.2, 0.25) is 5.95 Å². The van der Waals surface area contributed by atoms with Crippen molar-refractivity contribution < 1.29 is 13.2 Å². The summed E-state index contributed by atoms with van der Waals surface area (Å²) in [4.78, 5) is 26.2. The van der Waals surface area contributed by atoms with Gasteiger partial charge in [0.1, 0.15) is 11.2 Å². The van der Waals surface area contributed by atoms with Crippen molar-refractivity contribution in [3.05, 3.63) is 52.4 Å². The maximum atomic E-state index is 13.1. The lowest BCUT2D eigenvalue weighted by molar-refractivity contribution is -0.137. The summed E-state index contributed by atoms with van der Waals surface area (Å²) >= 11 is 0. The molecule has 0 spiro atoms. The predicted octanol–water partition coefficient (Wildman–Crippen LogP) is 4.37. The van der Waals surface area contributed by atoms with Gasteiger partial charge in [-0.1, -0.05) is 18.9 Å². The summed E-state index contributed by atoms with van der Waals surface area (Å²) in [7, 11) is 4.07. The summed E-state index contributed by atoms with van der Waals surface area (Å²) in [5.41, 5.74) is -0.632. The van der Waals surface area contributed by atoms with Gasteiger partial charge in [0.25, 0.3) is 5.56 Å². The van der Waals surface area contributed by atoms with E-state index in [1.54, 1.807) is 6.07 Å². The first-order chi connectivity index (χ1) is 15.2. The Morgan fingerprint density at radius 3 is 2.66 bits per heavy atom. The number of benzene rings is 1. The molecule has 0 unspecified atom stereocenters. The highest BCUT2D eigenvalue weighted by Gasteiger charge is 2.31. The number of nitrogens with zero attached hydrogens (tertiary/aromatic N) is 3. The Balaban J connectivity index is 1.72. The minimum absolute atomic E-state index is 0.125. The van der Waals surface area contributed by atoms with Crippen LogP contribution in [0.5, 0.6) is 0 Å². The van der Waals surface area contributed by atoms with Gasteiger partial charge in [0.15, 0.2) is 0 Å². The van der Waals surface area contributed by atoms with Gasteiger partial charge in [-0.15, -0.1) is 0 Å². The van der Waals surface area contributed by atoms with Crippen LogP contribution in [0, 0.1) is 0 Å². The zero-order valence-electron chi connectivity index (χ0n) is 17.8. The molecule has 4 rings (SSSR count). The molecule has 0 radical (unpaired) electrons. The molecule has 2 heterocycles. The fraction of sp³-hybridized carbons (Fsp3) is 0.409. The molecule has 10 heteroatoms. The zero-order valence-corrected chi connectivity index (χ0v) is 17.8. The Kier molecular flexibility index (Phi) is 6.05. The van der Waals surface area contributed by atoms with E-state index in [1.165, 1.54) is 18.3 Å². The first-order valence-corrected chi connectivity index (χ1v) is 10.5. The maximum absolute atomic E-state index is 13.1. The van der Waals surface area contributed by atoms with Crippen molar-refractivity contribution in [1.29, 1.82) is 0 Å². The van der Waals surface area contributed by atoms with E-state index < -0.39 is 17.3 Å². The molecule has 0 bridgehead atoms. The highest BCUT2D eigenvalue weighted by atomic mass is 19.4. The molecule has 0 aliphatic heterocycles. The summed E-state index contributed by atoms with van der Waals surface area (Å²) in [6.45, 7) is 0. The van der Waals surface area contributed by atoms with Gasteiger partial charge in [0.05, 0.1) is 11.1 Å². The van der Waals surface area contributed by atoms with Crippen LogP contribution in [0.15, 0.2) is 41.3 Å². The van der Waals surface area contributed by atoms with Crippen LogP contribution in [-0.2, 0) is 6.18 Å². The highest BCUT2D eigenvalue weighted by Crippen LogP contribution is 2.32. The van der Waals surface area contributed by atoms with Gasteiger partial charge >= 0.3 is 6.18 Å². The maximum Gasteiger partial charge on any atom is 0.416 e. The van der Waals surface area contributed by atoms with Crippen LogP contribution in [0.4, 0.5) is 30.6 Å². The molecule has 170 valence electrons. The van der Waals surface area contributed by atoms with Crippen molar-refractivity contribution in [3.63, 3.8) is 0 Å². The Morgan fingerprint density at radius 2 is 1.91 bits per heavy atom. The van der Waals surface area contributed by atoms with Crippen LogP contribution < -0.4 is 16.2 Å². The van der Waals surface area contributed by atoms with Crippen LogP contribution in [-0.4, -0.2) is 46.0 Å². The molecule has 1 aliphatic carbocycles. The smallest absolute Gasteiger partial charge is 0.350 e. The fourth-order valence-corrected chi connectivity index (χ4v) is 4.22. The van der Waals surface area contributed by atoms with Crippen molar-refractivity contribution in [1.82, 2.24) is 19.9 Å². The van der Waals surface area contributed by atoms with Crippen molar-refractivity contribution in [2.24, 2.45) is 0 Å². The second kappa shape index (κ2) is 8.78. The second-order valence-corrected chi connectivity index (χ2v) is 8.23. The van der Waals surface area contributed by atoms with E-state index in [0.29, 0.717) is 17.5 Å². The van der Waals surface area contributed by atoms with Crippen molar-refractivity contribution in [3.8, 4) is 0 Å². The van der Waals surface area contributed by atoms with E-state index in [0.717, 1.165) is 37.8 Å². The van der Waals surface area contributed by atoms with Gasteiger partial charge in [-0.25, -0.2) is 4.98 Å². The molecule has 32 heavy (non-hydrogen) atoms. The summed E-state index contributed by atoms with van der Waals surface area (Å²) < 4.78 is 39.4. The number of hydrogen-bond acceptors (Lipinski definition) is 6. The number of rotatable bonds is 5. The van der Waals surface area contributed by atoms with Gasteiger partial charge in [-0.05, 0) is 51.2 Å². The largest absolute Gasteiger partial charge is 0.416 e. The average molecular weight is 446 g/mol. The lowest BCUT2D eigenvalue weighted by atomic mass is 9.89. The zero-order chi connectivity index (χ0) is 22.9. The number of fused-ring (bicyclic) bond motifs is 1. The number of hydrogen-bond donors (Lipinski definition) is 3. The van der Waals surface area contributed by atoms with Crippen molar-refractivity contribution in [2.75, 3.05) is 24.7 Å². The van der Waals surface area contributed by atoms with Gasteiger partial charge in [-0.2, -0.15) is 18.2 Å². The van der Waals surface area contributed by atoms with Crippen LogP contribution in [0.1, 0.15) is 31.2 Å². The summed E-state index contributed by atoms with van der Waals surface area (Å²) in [5, 5.41) is 6.46. The summed E-state index contributed by atoms with van der Waals surface area (Å²) in [6, 6.07) is 6.86. The molecule has 1 aliphatic rings. The molecule has 7 nitrogen and oxygen atoms in total.